The van der Waals surface area contributed by atoms with Crippen molar-refractivity contribution in [2.45, 2.75) is 26.1 Å². The molecule has 0 aliphatic rings. The number of hydrogen-bond donors (Lipinski definition) is 1. The number of ether oxygens (including phenoxy) is 1. The summed E-state index contributed by atoms with van der Waals surface area (Å²) >= 11 is 0. The van der Waals surface area contributed by atoms with Crippen molar-refractivity contribution >= 4 is 5.97 Å². The first kappa shape index (κ1) is 16.8. The van der Waals surface area contributed by atoms with Gasteiger partial charge in [-0.3, -0.25) is 4.79 Å². The summed E-state index contributed by atoms with van der Waals surface area (Å²) in [7, 11) is 0. The van der Waals surface area contributed by atoms with Crippen molar-refractivity contribution in [3.8, 4) is 0 Å². The summed E-state index contributed by atoms with van der Waals surface area (Å²) < 4.78 is 44.4. The van der Waals surface area contributed by atoms with E-state index in [1.807, 2.05) is 0 Å². The summed E-state index contributed by atoms with van der Waals surface area (Å²) in [6.07, 6.45) is -6.18. The zero-order valence-electron chi connectivity index (χ0n) is 12.4. The van der Waals surface area contributed by atoms with Crippen molar-refractivity contribution in [1.29, 1.82) is 0 Å². The third-order valence-corrected chi connectivity index (χ3v) is 3.27. The van der Waals surface area contributed by atoms with Gasteiger partial charge in [0.05, 0.1) is 0 Å². The molecule has 2 rings (SSSR count). The van der Waals surface area contributed by atoms with Crippen LogP contribution in [0.2, 0.25) is 0 Å². The number of aromatic amines is 1. The molecule has 0 amide bonds. The van der Waals surface area contributed by atoms with E-state index >= 15 is 0 Å². The van der Waals surface area contributed by atoms with Crippen LogP contribution >= 0.6 is 0 Å². The van der Waals surface area contributed by atoms with Gasteiger partial charge in [-0.1, -0.05) is 24.3 Å². The van der Waals surface area contributed by atoms with Crippen molar-refractivity contribution < 1.29 is 22.7 Å². The van der Waals surface area contributed by atoms with Crippen LogP contribution in [0.1, 0.15) is 33.3 Å². The topological polar surface area (TPSA) is 59.2 Å². The normalized spacial score (nSPS) is 12.7. The maximum atomic E-state index is 13.3. The van der Waals surface area contributed by atoms with E-state index in [-0.39, 0.29) is 5.56 Å². The molecule has 0 spiro atoms. The minimum absolute atomic E-state index is 0.170. The molecule has 7 heteroatoms. The van der Waals surface area contributed by atoms with Crippen LogP contribution < -0.4 is 5.43 Å². The number of benzene rings is 1. The first-order chi connectivity index (χ1) is 10.7. The van der Waals surface area contributed by atoms with Gasteiger partial charge in [-0.25, -0.2) is 4.79 Å². The number of aromatic nitrogens is 1. The highest BCUT2D eigenvalue weighted by molar-refractivity contribution is 5.89. The first-order valence-electron chi connectivity index (χ1n) is 6.72. The third kappa shape index (κ3) is 3.80. The third-order valence-electron chi connectivity index (χ3n) is 3.27. The summed E-state index contributed by atoms with van der Waals surface area (Å²) in [6.45, 7) is 3.07. The van der Waals surface area contributed by atoms with E-state index in [4.69, 9.17) is 0 Å². The number of nitrogens with one attached hydrogen (secondary N) is 1. The number of pyridine rings is 1. The molecule has 1 aromatic heterocycles. The predicted octanol–water partition coefficient (Wildman–Crippen LogP) is 3.45. The van der Waals surface area contributed by atoms with Crippen LogP contribution in [0.25, 0.3) is 0 Å². The highest BCUT2D eigenvalue weighted by Crippen LogP contribution is 2.37. The smallest absolute Gasteiger partial charge is 0.429 e. The Morgan fingerprint density at radius 3 is 2.43 bits per heavy atom. The molecule has 0 bridgehead atoms. The molecular formula is C16H14F3NO3. The van der Waals surface area contributed by atoms with Crippen molar-refractivity contribution in [1.82, 2.24) is 4.98 Å². The number of carbonyl (C=O) groups is 1. The first-order valence-corrected chi connectivity index (χ1v) is 6.72. The summed E-state index contributed by atoms with van der Waals surface area (Å²) in [6, 6.07) is 6.85. The summed E-state index contributed by atoms with van der Waals surface area (Å²) in [5.74, 6) is -1.32. The van der Waals surface area contributed by atoms with Gasteiger partial charge >= 0.3 is 12.1 Å². The Labute approximate surface area is 129 Å². The number of H-pyrrole nitrogens is 1. The molecule has 0 saturated carbocycles. The Morgan fingerprint density at radius 2 is 1.87 bits per heavy atom. The lowest BCUT2D eigenvalue weighted by atomic mass is 10.0. The van der Waals surface area contributed by atoms with Gasteiger partial charge in [0.15, 0.2) is 5.43 Å². The lowest BCUT2D eigenvalue weighted by molar-refractivity contribution is -0.207. The van der Waals surface area contributed by atoms with Crippen LogP contribution in [0.4, 0.5) is 13.2 Å². The van der Waals surface area contributed by atoms with Crippen LogP contribution in [0.5, 0.6) is 0 Å². The number of esters is 1. The number of alkyl halides is 3. The fraction of sp³-hybridized carbons (Fsp3) is 0.250. The highest BCUT2D eigenvalue weighted by atomic mass is 19.4. The van der Waals surface area contributed by atoms with Crippen molar-refractivity contribution in [3.63, 3.8) is 0 Å². The lowest BCUT2D eigenvalue weighted by Gasteiger charge is -2.22. The van der Waals surface area contributed by atoms with Crippen LogP contribution in [0, 0.1) is 13.8 Å². The van der Waals surface area contributed by atoms with Gasteiger partial charge in [0.1, 0.15) is 5.56 Å². The average Bonchev–Trinajstić information content (AvgIpc) is 2.44. The Kier molecular flexibility index (Phi) is 4.58. The number of carbonyl (C=O) groups excluding carboxylic acids is 1. The van der Waals surface area contributed by atoms with E-state index in [0.717, 1.165) is 12.3 Å². The van der Waals surface area contributed by atoms with Gasteiger partial charge in [0.2, 0.25) is 6.10 Å². The highest BCUT2D eigenvalue weighted by Gasteiger charge is 2.45. The van der Waals surface area contributed by atoms with Gasteiger partial charge < -0.3 is 9.72 Å². The zero-order valence-corrected chi connectivity index (χ0v) is 12.4. The molecule has 1 heterocycles. The summed E-state index contributed by atoms with van der Waals surface area (Å²) in [5.41, 5.74) is -0.523. The monoisotopic (exact) mass is 325 g/mol. The molecule has 2 aromatic rings. The molecule has 23 heavy (non-hydrogen) atoms. The van der Waals surface area contributed by atoms with Crippen LogP contribution in [0.15, 0.2) is 41.3 Å². The number of rotatable bonds is 3. The van der Waals surface area contributed by atoms with E-state index in [9.17, 15) is 22.8 Å². The molecule has 0 saturated heterocycles. The fourth-order valence-electron chi connectivity index (χ4n) is 2.09. The Bertz CT molecular complexity index is 781. The number of hydrogen-bond acceptors (Lipinski definition) is 3. The molecule has 1 N–H and O–H groups in total. The van der Waals surface area contributed by atoms with Crippen molar-refractivity contribution in [2.75, 3.05) is 0 Å². The second-order valence-electron chi connectivity index (χ2n) is 5.08. The quantitative estimate of drug-likeness (QED) is 0.879. The fourth-order valence-corrected chi connectivity index (χ4v) is 2.09. The van der Waals surface area contributed by atoms with Crippen LogP contribution in [0.3, 0.4) is 0 Å². The number of halogens is 3. The van der Waals surface area contributed by atoms with Crippen molar-refractivity contribution in [3.05, 3.63) is 69.1 Å². The van der Waals surface area contributed by atoms with E-state index in [0.29, 0.717) is 11.3 Å². The van der Waals surface area contributed by atoms with E-state index in [1.165, 1.54) is 25.1 Å². The molecule has 0 fully saturated rings. The summed E-state index contributed by atoms with van der Waals surface area (Å²) in [5, 5.41) is 0. The molecule has 122 valence electrons. The second-order valence-corrected chi connectivity index (χ2v) is 5.08. The van der Waals surface area contributed by atoms with Gasteiger partial charge in [0.25, 0.3) is 0 Å². The minimum Gasteiger partial charge on any atom is -0.444 e. The van der Waals surface area contributed by atoms with Gasteiger partial charge in [-0.05, 0) is 19.4 Å². The predicted molar refractivity (Wildman–Crippen MR) is 77.2 cm³/mol. The number of aryl methyl sites for hydroxylation is 2. The molecule has 4 nitrogen and oxygen atoms in total. The molecule has 1 aromatic carbocycles. The van der Waals surface area contributed by atoms with Crippen LogP contribution in [-0.4, -0.2) is 17.1 Å². The Balaban J connectivity index is 2.38. The zero-order chi connectivity index (χ0) is 17.2. The van der Waals surface area contributed by atoms with Gasteiger partial charge in [-0.15, -0.1) is 0 Å². The Morgan fingerprint density at radius 1 is 1.22 bits per heavy atom. The maximum absolute atomic E-state index is 13.3. The van der Waals surface area contributed by atoms with Crippen molar-refractivity contribution in [2.24, 2.45) is 0 Å². The maximum Gasteiger partial charge on any atom is 0.429 e. The summed E-state index contributed by atoms with van der Waals surface area (Å²) in [4.78, 5) is 26.3. The van der Waals surface area contributed by atoms with E-state index < -0.39 is 29.2 Å². The molecule has 0 aliphatic heterocycles. The SMILES string of the molecule is Cc1cc(=O)c(C(=O)OC(c2ccccc2C)C(F)(F)F)c[nH]1. The molecular weight excluding hydrogens is 311 g/mol. The standard InChI is InChI=1S/C16H14F3NO3/c1-9-5-3-4-6-11(9)14(16(17,18)19)23-15(22)12-8-20-10(2)7-13(12)21/h3-8,14H,1-2H3,(H,20,21). The molecule has 1 atom stereocenters. The van der Waals surface area contributed by atoms with Crippen LogP contribution in [-0.2, 0) is 4.74 Å². The molecule has 1 unspecified atom stereocenters. The second kappa shape index (κ2) is 6.28. The van der Waals surface area contributed by atoms with Gasteiger partial charge in [-0.2, -0.15) is 13.2 Å². The minimum atomic E-state index is -4.79. The largest absolute Gasteiger partial charge is 0.444 e. The lowest BCUT2D eigenvalue weighted by Crippen LogP contribution is -2.29. The molecule has 0 radical (unpaired) electrons. The molecule has 0 aliphatic carbocycles. The van der Waals surface area contributed by atoms with E-state index in [1.54, 1.807) is 13.0 Å². The Hall–Kier alpha value is -2.57. The van der Waals surface area contributed by atoms with E-state index in [2.05, 4.69) is 9.72 Å². The van der Waals surface area contributed by atoms with Gasteiger partial charge in [0, 0.05) is 23.5 Å². The average molecular weight is 325 g/mol.